The molecule has 2 atom stereocenters. The predicted octanol–water partition coefficient (Wildman–Crippen LogP) is 1.61. The number of nitrogens with zero attached hydrogens (tertiary/aromatic N) is 3. The first-order valence-electron chi connectivity index (χ1n) is 7.90. The third kappa shape index (κ3) is 3.63. The molecule has 1 aliphatic heterocycles. The summed E-state index contributed by atoms with van der Waals surface area (Å²) >= 11 is 0. The molecule has 1 aliphatic rings. The molecule has 2 N–H and O–H groups in total. The molecule has 0 spiro atoms. The van der Waals surface area contributed by atoms with Gasteiger partial charge in [-0.3, -0.25) is 14.4 Å². The van der Waals surface area contributed by atoms with E-state index in [0.29, 0.717) is 18.8 Å². The number of likely N-dealkylation sites (tertiary alicyclic amines) is 1. The monoisotopic (exact) mass is 332 g/mol. The van der Waals surface area contributed by atoms with Gasteiger partial charge in [-0.15, -0.1) is 0 Å². The number of anilines is 1. The summed E-state index contributed by atoms with van der Waals surface area (Å²) in [4.78, 5) is 14.2. The summed E-state index contributed by atoms with van der Waals surface area (Å²) < 4.78 is 15.1. The number of aliphatic hydroxyl groups is 1. The molecule has 7 heteroatoms. The third-order valence-electron chi connectivity index (χ3n) is 4.23. The highest BCUT2D eigenvalue weighted by atomic mass is 19.1. The topological polar surface area (TPSA) is 70.4 Å². The van der Waals surface area contributed by atoms with Gasteiger partial charge in [0.05, 0.1) is 18.3 Å². The molecule has 3 rings (SSSR count). The molecule has 0 unspecified atom stereocenters. The maximum Gasteiger partial charge on any atom is 0.239 e. The van der Waals surface area contributed by atoms with E-state index in [-0.39, 0.29) is 24.3 Å². The predicted molar refractivity (Wildman–Crippen MR) is 87.9 cm³/mol. The van der Waals surface area contributed by atoms with E-state index in [0.717, 1.165) is 11.3 Å². The summed E-state index contributed by atoms with van der Waals surface area (Å²) in [5.41, 5.74) is 1.60. The van der Waals surface area contributed by atoms with Gasteiger partial charge in [0, 0.05) is 25.7 Å². The van der Waals surface area contributed by atoms with Crippen molar-refractivity contribution in [3.8, 4) is 0 Å². The standard InChI is InChI=1S/C17H21FN4O2/c1-11-6-16(21(2)20-11)19-17(24)10-22-9-14(23)8-15(22)12-4-3-5-13(18)7-12/h3-7,14-15,23H,8-10H2,1-2H3,(H,19,24)/t14-,15-/m1/s1. The van der Waals surface area contributed by atoms with Gasteiger partial charge in [-0.25, -0.2) is 4.39 Å². The molecule has 128 valence electrons. The number of aryl methyl sites for hydroxylation is 2. The van der Waals surface area contributed by atoms with Gasteiger partial charge in [-0.05, 0) is 31.0 Å². The Morgan fingerprint density at radius 3 is 2.92 bits per heavy atom. The second kappa shape index (κ2) is 6.70. The number of carbonyl (C=O) groups is 1. The van der Waals surface area contributed by atoms with Crippen LogP contribution < -0.4 is 5.32 Å². The van der Waals surface area contributed by atoms with E-state index < -0.39 is 6.10 Å². The second-order valence-corrected chi connectivity index (χ2v) is 6.23. The van der Waals surface area contributed by atoms with Crippen LogP contribution in [0.2, 0.25) is 0 Å². The van der Waals surface area contributed by atoms with E-state index in [1.165, 1.54) is 12.1 Å². The third-order valence-corrected chi connectivity index (χ3v) is 4.23. The minimum absolute atomic E-state index is 0.127. The number of β-amino-alcohol motifs (C(OH)–C–C–N with tert-alkyl or cyclic N) is 1. The summed E-state index contributed by atoms with van der Waals surface area (Å²) in [6.45, 7) is 2.37. The lowest BCUT2D eigenvalue weighted by atomic mass is 10.0. The molecule has 6 nitrogen and oxygen atoms in total. The molecular weight excluding hydrogens is 311 g/mol. The van der Waals surface area contributed by atoms with E-state index in [4.69, 9.17) is 0 Å². The molecule has 24 heavy (non-hydrogen) atoms. The van der Waals surface area contributed by atoms with Gasteiger partial charge in [0.15, 0.2) is 0 Å². The Labute approximate surface area is 139 Å². The molecule has 2 aromatic rings. The Morgan fingerprint density at radius 2 is 2.25 bits per heavy atom. The van der Waals surface area contributed by atoms with Crippen molar-refractivity contribution in [1.82, 2.24) is 14.7 Å². The zero-order chi connectivity index (χ0) is 17.3. The Morgan fingerprint density at radius 1 is 1.46 bits per heavy atom. The maximum atomic E-state index is 13.5. The Kier molecular flexibility index (Phi) is 4.64. The summed E-state index contributed by atoms with van der Waals surface area (Å²) in [7, 11) is 1.76. The Balaban J connectivity index is 1.70. The second-order valence-electron chi connectivity index (χ2n) is 6.23. The van der Waals surface area contributed by atoms with E-state index >= 15 is 0 Å². The fraction of sp³-hybridized carbons (Fsp3) is 0.412. The molecule has 0 bridgehead atoms. The number of aromatic nitrogens is 2. The van der Waals surface area contributed by atoms with Crippen molar-refractivity contribution in [3.63, 3.8) is 0 Å². The van der Waals surface area contributed by atoms with Gasteiger partial charge in [-0.2, -0.15) is 5.10 Å². The molecule has 0 radical (unpaired) electrons. The van der Waals surface area contributed by atoms with Gasteiger partial charge in [0.1, 0.15) is 11.6 Å². The van der Waals surface area contributed by atoms with Crippen LogP contribution in [0.5, 0.6) is 0 Å². The van der Waals surface area contributed by atoms with Gasteiger partial charge in [0.25, 0.3) is 0 Å². The van der Waals surface area contributed by atoms with Crippen LogP contribution >= 0.6 is 0 Å². The van der Waals surface area contributed by atoms with Crippen LogP contribution in [-0.2, 0) is 11.8 Å². The van der Waals surface area contributed by atoms with Crippen LogP contribution in [0, 0.1) is 12.7 Å². The van der Waals surface area contributed by atoms with Gasteiger partial charge < -0.3 is 10.4 Å². The minimum Gasteiger partial charge on any atom is -0.392 e. The summed E-state index contributed by atoms with van der Waals surface area (Å²) in [6.07, 6.45) is -0.0355. The zero-order valence-electron chi connectivity index (χ0n) is 13.7. The molecule has 1 fully saturated rings. The van der Waals surface area contributed by atoms with Crippen molar-refractivity contribution in [2.45, 2.75) is 25.5 Å². The molecule has 1 amide bonds. The average molecular weight is 332 g/mol. The zero-order valence-corrected chi connectivity index (χ0v) is 13.7. The SMILES string of the molecule is Cc1cc(NC(=O)CN2C[C@H](O)C[C@@H]2c2cccc(F)c2)n(C)n1. The van der Waals surface area contributed by atoms with Crippen molar-refractivity contribution >= 4 is 11.7 Å². The van der Waals surface area contributed by atoms with E-state index in [1.807, 2.05) is 17.9 Å². The molecule has 1 aromatic heterocycles. The number of nitrogens with one attached hydrogen (secondary N) is 1. The normalized spacial score (nSPS) is 21.2. The molecule has 0 saturated carbocycles. The molecule has 2 heterocycles. The van der Waals surface area contributed by atoms with Crippen molar-refractivity contribution in [2.75, 3.05) is 18.4 Å². The van der Waals surface area contributed by atoms with Crippen molar-refractivity contribution in [3.05, 3.63) is 47.4 Å². The number of hydrogen-bond acceptors (Lipinski definition) is 4. The van der Waals surface area contributed by atoms with Crippen molar-refractivity contribution in [1.29, 1.82) is 0 Å². The first-order chi connectivity index (χ1) is 11.4. The molecule has 0 aliphatic carbocycles. The lowest BCUT2D eigenvalue weighted by Gasteiger charge is -2.23. The number of aliphatic hydroxyl groups excluding tert-OH is 1. The van der Waals surface area contributed by atoms with Crippen LogP contribution in [0.3, 0.4) is 0 Å². The van der Waals surface area contributed by atoms with Crippen LogP contribution in [0.4, 0.5) is 10.2 Å². The highest BCUT2D eigenvalue weighted by Crippen LogP contribution is 2.32. The lowest BCUT2D eigenvalue weighted by molar-refractivity contribution is -0.117. The molecular formula is C17H21FN4O2. The average Bonchev–Trinajstić information content (AvgIpc) is 3.01. The van der Waals surface area contributed by atoms with E-state index in [1.54, 1.807) is 23.9 Å². The highest BCUT2D eigenvalue weighted by molar-refractivity contribution is 5.91. The van der Waals surface area contributed by atoms with Gasteiger partial charge in [0.2, 0.25) is 5.91 Å². The summed E-state index contributed by atoms with van der Waals surface area (Å²) in [6, 6.07) is 7.93. The number of halogens is 1. The van der Waals surface area contributed by atoms with Crippen molar-refractivity contribution < 1.29 is 14.3 Å². The molecule has 1 saturated heterocycles. The number of hydrogen-bond donors (Lipinski definition) is 2. The van der Waals surface area contributed by atoms with Crippen LogP contribution in [-0.4, -0.2) is 44.9 Å². The Bertz CT molecular complexity index is 746. The first kappa shape index (κ1) is 16.6. The van der Waals surface area contributed by atoms with E-state index in [9.17, 15) is 14.3 Å². The van der Waals surface area contributed by atoms with Crippen molar-refractivity contribution in [2.24, 2.45) is 7.05 Å². The number of rotatable bonds is 4. The van der Waals surface area contributed by atoms with E-state index in [2.05, 4.69) is 10.4 Å². The summed E-state index contributed by atoms with van der Waals surface area (Å²) in [5.74, 6) is 0.122. The number of carbonyl (C=O) groups excluding carboxylic acids is 1. The van der Waals surface area contributed by atoms with Crippen LogP contribution in [0.25, 0.3) is 0 Å². The quantitative estimate of drug-likeness (QED) is 0.892. The summed E-state index contributed by atoms with van der Waals surface area (Å²) in [5, 5.41) is 17.0. The van der Waals surface area contributed by atoms with Crippen LogP contribution in [0.15, 0.2) is 30.3 Å². The fourth-order valence-electron chi connectivity index (χ4n) is 3.21. The maximum absolute atomic E-state index is 13.5. The first-order valence-corrected chi connectivity index (χ1v) is 7.90. The minimum atomic E-state index is -0.523. The molecule has 1 aromatic carbocycles. The number of benzene rings is 1. The lowest BCUT2D eigenvalue weighted by Crippen LogP contribution is -2.34. The number of amides is 1. The van der Waals surface area contributed by atoms with Gasteiger partial charge in [-0.1, -0.05) is 12.1 Å². The fourth-order valence-corrected chi connectivity index (χ4v) is 3.21. The Hall–Kier alpha value is -2.25. The highest BCUT2D eigenvalue weighted by Gasteiger charge is 2.33. The van der Waals surface area contributed by atoms with Crippen LogP contribution in [0.1, 0.15) is 23.7 Å². The smallest absolute Gasteiger partial charge is 0.239 e. The largest absolute Gasteiger partial charge is 0.392 e. The van der Waals surface area contributed by atoms with Gasteiger partial charge >= 0.3 is 0 Å².